The highest BCUT2D eigenvalue weighted by Crippen LogP contribution is 2.39. The van der Waals surface area contributed by atoms with Gasteiger partial charge in [-0.05, 0) is 55.9 Å². The smallest absolute Gasteiger partial charge is 0.226 e. The third kappa shape index (κ3) is 3.28. The highest BCUT2D eigenvalue weighted by atomic mass is 16.2. The van der Waals surface area contributed by atoms with Gasteiger partial charge in [-0.15, -0.1) is 10.2 Å². The monoisotopic (exact) mass is 375 g/mol. The highest BCUT2D eigenvalue weighted by Gasteiger charge is 2.29. The van der Waals surface area contributed by atoms with Gasteiger partial charge in [0.05, 0.1) is 12.1 Å². The van der Waals surface area contributed by atoms with Gasteiger partial charge in [0, 0.05) is 24.9 Å². The molecular formula is C22H25N5O. The number of aryl methyl sites for hydroxylation is 1. The fraction of sp³-hybridized carbons (Fsp3) is 0.455. The fourth-order valence-electron chi connectivity index (χ4n) is 4.14. The number of fused-ring (bicyclic) bond motifs is 1. The highest BCUT2D eigenvalue weighted by molar-refractivity contribution is 5.79. The molecule has 144 valence electrons. The van der Waals surface area contributed by atoms with Crippen molar-refractivity contribution in [3.63, 3.8) is 0 Å². The summed E-state index contributed by atoms with van der Waals surface area (Å²) < 4.78 is 1.93. The average molecular weight is 375 g/mol. The number of nitrogens with zero attached hydrogens (tertiary/aromatic N) is 5. The molecule has 3 aromatic rings. The van der Waals surface area contributed by atoms with Crippen molar-refractivity contribution in [1.29, 1.82) is 0 Å². The number of aromatic nitrogens is 4. The number of hydrogen-bond donors (Lipinski definition) is 0. The van der Waals surface area contributed by atoms with Crippen LogP contribution in [0.3, 0.4) is 0 Å². The van der Waals surface area contributed by atoms with Crippen LogP contribution in [0.5, 0.6) is 0 Å². The summed E-state index contributed by atoms with van der Waals surface area (Å²) in [5.41, 5.74) is 4.27. The van der Waals surface area contributed by atoms with Gasteiger partial charge >= 0.3 is 0 Å². The summed E-state index contributed by atoms with van der Waals surface area (Å²) in [4.78, 5) is 14.7. The minimum Gasteiger partial charge on any atom is -0.342 e. The van der Waals surface area contributed by atoms with Crippen molar-refractivity contribution >= 4 is 11.6 Å². The molecule has 6 heteroatoms. The molecule has 2 aliphatic rings. The first-order valence-corrected chi connectivity index (χ1v) is 10.2. The number of carbonyl (C=O) groups excluding carboxylic acids is 1. The number of carbonyl (C=O) groups is 1. The lowest BCUT2D eigenvalue weighted by atomic mass is 9.95. The largest absolute Gasteiger partial charge is 0.342 e. The molecule has 1 aromatic carbocycles. The van der Waals surface area contributed by atoms with Crippen LogP contribution in [0.1, 0.15) is 60.2 Å². The zero-order valence-corrected chi connectivity index (χ0v) is 16.2. The van der Waals surface area contributed by atoms with Gasteiger partial charge in [-0.1, -0.05) is 24.3 Å². The summed E-state index contributed by atoms with van der Waals surface area (Å²) >= 11 is 0. The standard InChI is InChI=1S/C22H25N5O/c1-15-4-2-3-5-18(15)14-21(28)26-12-10-17(11-13-26)22-24-23-20-9-8-19(16-6-7-16)25-27(20)22/h2-5,8-9,16-17H,6-7,10-14H2,1H3. The average Bonchev–Trinajstić information content (AvgIpc) is 3.49. The Morgan fingerprint density at radius 2 is 1.79 bits per heavy atom. The first-order chi connectivity index (χ1) is 13.7. The molecule has 2 fully saturated rings. The molecule has 1 aliphatic heterocycles. The molecule has 0 unspecified atom stereocenters. The van der Waals surface area contributed by atoms with Crippen LogP contribution in [-0.2, 0) is 11.2 Å². The van der Waals surface area contributed by atoms with E-state index in [4.69, 9.17) is 5.10 Å². The minimum absolute atomic E-state index is 0.216. The maximum atomic E-state index is 12.7. The van der Waals surface area contributed by atoms with Gasteiger partial charge in [0.25, 0.3) is 0 Å². The van der Waals surface area contributed by atoms with Gasteiger partial charge < -0.3 is 4.90 Å². The Bertz CT molecular complexity index is 1010. The van der Waals surface area contributed by atoms with Gasteiger partial charge in [-0.25, -0.2) is 0 Å². The molecule has 1 saturated carbocycles. The Kier molecular flexibility index (Phi) is 4.34. The van der Waals surface area contributed by atoms with Gasteiger partial charge in [0.1, 0.15) is 0 Å². The summed E-state index contributed by atoms with van der Waals surface area (Å²) in [7, 11) is 0. The molecule has 2 aromatic heterocycles. The Morgan fingerprint density at radius 3 is 2.54 bits per heavy atom. The second-order valence-electron chi connectivity index (χ2n) is 8.12. The van der Waals surface area contributed by atoms with E-state index in [1.165, 1.54) is 18.4 Å². The molecule has 6 nitrogen and oxygen atoms in total. The molecule has 28 heavy (non-hydrogen) atoms. The van der Waals surface area contributed by atoms with Crippen LogP contribution >= 0.6 is 0 Å². The Labute approximate surface area is 164 Å². The second-order valence-corrected chi connectivity index (χ2v) is 8.12. The van der Waals surface area contributed by atoms with Crippen LogP contribution in [0.25, 0.3) is 5.65 Å². The van der Waals surface area contributed by atoms with E-state index in [1.807, 2.05) is 33.7 Å². The quantitative estimate of drug-likeness (QED) is 0.702. The zero-order valence-electron chi connectivity index (χ0n) is 16.2. The predicted octanol–water partition coefficient (Wildman–Crippen LogP) is 3.26. The van der Waals surface area contributed by atoms with Crippen molar-refractivity contribution < 1.29 is 4.79 Å². The molecule has 5 rings (SSSR count). The van der Waals surface area contributed by atoms with Crippen molar-refractivity contribution in [2.24, 2.45) is 0 Å². The van der Waals surface area contributed by atoms with E-state index in [1.54, 1.807) is 0 Å². The summed E-state index contributed by atoms with van der Waals surface area (Å²) in [6.45, 7) is 3.60. The molecular weight excluding hydrogens is 350 g/mol. The third-order valence-corrected chi connectivity index (χ3v) is 6.12. The first kappa shape index (κ1) is 17.3. The van der Waals surface area contributed by atoms with Crippen LogP contribution < -0.4 is 0 Å². The van der Waals surface area contributed by atoms with E-state index < -0.39 is 0 Å². The van der Waals surface area contributed by atoms with Gasteiger partial charge in [0.2, 0.25) is 5.91 Å². The van der Waals surface area contributed by atoms with E-state index in [-0.39, 0.29) is 5.91 Å². The van der Waals surface area contributed by atoms with Gasteiger partial charge in [0.15, 0.2) is 11.5 Å². The van der Waals surface area contributed by atoms with E-state index in [9.17, 15) is 4.79 Å². The van der Waals surface area contributed by atoms with Crippen LogP contribution in [0.2, 0.25) is 0 Å². The van der Waals surface area contributed by atoms with Crippen LogP contribution in [0.15, 0.2) is 36.4 Å². The topological polar surface area (TPSA) is 63.4 Å². The SMILES string of the molecule is Cc1ccccc1CC(=O)N1CCC(c2nnc3ccc(C4CC4)nn23)CC1. The molecule has 1 aliphatic carbocycles. The van der Waals surface area contributed by atoms with E-state index in [0.717, 1.165) is 48.7 Å². The maximum Gasteiger partial charge on any atom is 0.226 e. The molecule has 1 saturated heterocycles. The molecule has 0 bridgehead atoms. The molecule has 0 spiro atoms. The first-order valence-electron chi connectivity index (χ1n) is 10.2. The summed E-state index contributed by atoms with van der Waals surface area (Å²) in [5.74, 6) is 2.08. The Balaban J connectivity index is 1.27. The van der Waals surface area contributed by atoms with Crippen LogP contribution in [0, 0.1) is 6.92 Å². The number of amides is 1. The number of rotatable bonds is 4. The molecule has 0 N–H and O–H groups in total. The van der Waals surface area contributed by atoms with Crippen LogP contribution in [0.4, 0.5) is 0 Å². The zero-order chi connectivity index (χ0) is 19.1. The minimum atomic E-state index is 0.216. The van der Waals surface area contributed by atoms with Crippen molar-refractivity contribution in [2.75, 3.05) is 13.1 Å². The third-order valence-electron chi connectivity index (χ3n) is 6.12. The van der Waals surface area contributed by atoms with Crippen molar-refractivity contribution in [1.82, 2.24) is 24.7 Å². The summed E-state index contributed by atoms with van der Waals surface area (Å²) in [6, 6.07) is 12.2. The Morgan fingerprint density at radius 1 is 1.00 bits per heavy atom. The maximum absolute atomic E-state index is 12.7. The summed E-state index contributed by atoms with van der Waals surface area (Å²) in [6.07, 6.45) is 4.78. The number of hydrogen-bond acceptors (Lipinski definition) is 4. The van der Waals surface area contributed by atoms with Crippen molar-refractivity contribution in [2.45, 2.75) is 50.9 Å². The number of benzene rings is 1. The molecule has 0 radical (unpaired) electrons. The van der Waals surface area contributed by atoms with Gasteiger partial charge in [-0.3, -0.25) is 4.79 Å². The van der Waals surface area contributed by atoms with Gasteiger partial charge in [-0.2, -0.15) is 9.61 Å². The van der Waals surface area contributed by atoms with Crippen LogP contribution in [-0.4, -0.2) is 43.7 Å². The lowest BCUT2D eigenvalue weighted by Crippen LogP contribution is -2.39. The lowest BCUT2D eigenvalue weighted by Gasteiger charge is -2.31. The lowest BCUT2D eigenvalue weighted by molar-refractivity contribution is -0.131. The fourth-order valence-corrected chi connectivity index (χ4v) is 4.14. The van der Waals surface area contributed by atoms with E-state index >= 15 is 0 Å². The Hall–Kier alpha value is -2.76. The number of likely N-dealkylation sites (tertiary alicyclic amines) is 1. The number of piperidine rings is 1. The molecule has 3 heterocycles. The second kappa shape index (κ2) is 7.00. The predicted molar refractivity (Wildman–Crippen MR) is 106 cm³/mol. The van der Waals surface area contributed by atoms with E-state index in [2.05, 4.69) is 29.3 Å². The summed E-state index contributed by atoms with van der Waals surface area (Å²) in [5, 5.41) is 13.5. The van der Waals surface area contributed by atoms with Crippen molar-refractivity contribution in [3.8, 4) is 0 Å². The molecule has 1 amide bonds. The van der Waals surface area contributed by atoms with E-state index in [0.29, 0.717) is 18.3 Å². The molecule has 0 atom stereocenters. The normalized spacial score (nSPS) is 18.0. The van der Waals surface area contributed by atoms with Crippen molar-refractivity contribution in [3.05, 3.63) is 59.0 Å².